The summed E-state index contributed by atoms with van der Waals surface area (Å²) in [6.07, 6.45) is 0. The number of hydrogen-bond donors (Lipinski definition) is 1. The molecule has 1 N–H and O–H groups in total. The third kappa shape index (κ3) is 1.04. The molecule has 4 rings (SSSR count). The van der Waals surface area contributed by atoms with Gasteiger partial charge in [-0.2, -0.15) is 0 Å². The number of Topliss-reactive ketones (excluding diaryl/α,β-unsaturated/α-hetero) is 1. The molecule has 0 aliphatic carbocycles. The van der Waals surface area contributed by atoms with Crippen molar-refractivity contribution in [3.8, 4) is 5.75 Å². The van der Waals surface area contributed by atoms with Gasteiger partial charge in [0.25, 0.3) is 5.78 Å². The van der Waals surface area contributed by atoms with Gasteiger partial charge in [0, 0.05) is 22.4 Å². The maximum atomic E-state index is 11.6. The highest BCUT2D eigenvalue weighted by molar-refractivity contribution is 6.45. The van der Waals surface area contributed by atoms with Gasteiger partial charge in [-0.15, -0.1) is 0 Å². The number of para-hydroxylation sites is 1. The summed E-state index contributed by atoms with van der Waals surface area (Å²) in [6, 6.07) is 11.2. The van der Waals surface area contributed by atoms with Crippen LogP contribution in [0.15, 0.2) is 36.4 Å². The minimum Gasteiger partial charge on any atom is -0.420 e. The topological polar surface area (TPSA) is 59.2 Å². The number of fused-ring (bicyclic) bond motifs is 4. The van der Waals surface area contributed by atoms with E-state index in [9.17, 15) is 9.59 Å². The molecule has 0 saturated heterocycles. The third-order valence-electron chi connectivity index (χ3n) is 3.24. The molecular weight excluding hydrogens is 230 g/mol. The molecular formula is C14H7NO3. The van der Waals surface area contributed by atoms with Crippen molar-refractivity contribution in [2.24, 2.45) is 0 Å². The Labute approximate surface area is 101 Å². The van der Waals surface area contributed by atoms with Gasteiger partial charge >= 0.3 is 5.97 Å². The minimum atomic E-state index is -0.804. The predicted molar refractivity (Wildman–Crippen MR) is 65.8 cm³/mol. The van der Waals surface area contributed by atoms with Crippen LogP contribution in [0, 0.1) is 0 Å². The number of esters is 1. The van der Waals surface area contributed by atoms with Crippen molar-refractivity contribution in [1.82, 2.24) is 4.98 Å². The predicted octanol–water partition coefficient (Wildman–Crippen LogP) is 2.42. The molecule has 1 aromatic heterocycles. The van der Waals surface area contributed by atoms with Crippen LogP contribution in [0.25, 0.3) is 21.8 Å². The van der Waals surface area contributed by atoms with Crippen LogP contribution in [-0.4, -0.2) is 16.7 Å². The van der Waals surface area contributed by atoms with E-state index in [-0.39, 0.29) is 0 Å². The highest BCUT2D eigenvalue weighted by atomic mass is 16.5. The first-order valence-electron chi connectivity index (χ1n) is 5.55. The highest BCUT2D eigenvalue weighted by Crippen LogP contribution is 2.34. The Hall–Kier alpha value is -2.62. The average Bonchev–Trinajstić information content (AvgIpc) is 2.86. The minimum absolute atomic E-state index is 0.337. The molecule has 0 bridgehead atoms. The molecule has 18 heavy (non-hydrogen) atoms. The number of carbonyl (C=O) groups is 2. The fraction of sp³-hybridized carbons (Fsp3) is 0. The molecule has 0 saturated carbocycles. The second kappa shape index (κ2) is 2.98. The molecule has 0 amide bonds. The highest BCUT2D eigenvalue weighted by Gasteiger charge is 2.31. The van der Waals surface area contributed by atoms with E-state index in [2.05, 4.69) is 4.98 Å². The van der Waals surface area contributed by atoms with Gasteiger partial charge in [-0.1, -0.05) is 18.2 Å². The fourth-order valence-corrected chi connectivity index (χ4v) is 2.40. The van der Waals surface area contributed by atoms with Crippen LogP contribution >= 0.6 is 0 Å². The van der Waals surface area contributed by atoms with Gasteiger partial charge in [0.2, 0.25) is 0 Å². The Balaban J connectivity index is 2.15. The number of ether oxygens (including phenoxy) is 1. The molecule has 0 atom stereocenters. The fourth-order valence-electron chi connectivity index (χ4n) is 2.40. The number of rotatable bonds is 0. The zero-order valence-electron chi connectivity index (χ0n) is 9.19. The Kier molecular flexibility index (Phi) is 1.56. The summed E-state index contributed by atoms with van der Waals surface area (Å²) in [5, 5.41) is 1.96. The van der Waals surface area contributed by atoms with Gasteiger partial charge in [-0.3, -0.25) is 4.79 Å². The largest absolute Gasteiger partial charge is 0.420 e. The molecule has 0 fully saturated rings. The van der Waals surface area contributed by atoms with E-state index in [1.54, 1.807) is 12.1 Å². The Morgan fingerprint density at radius 3 is 2.67 bits per heavy atom. The normalized spacial score (nSPS) is 14.2. The number of benzene rings is 2. The van der Waals surface area contributed by atoms with Crippen molar-refractivity contribution in [3.63, 3.8) is 0 Å². The second-order valence-corrected chi connectivity index (χ2v) is 4.28. The van der Waals surface area contributed by atoms with Crippen molar-refractivity contribution in [3.05, 3.63) is 42.0 Å². The standard InChI is InChI=1S/C14H7NO3/c16-13-9-5-8-7-3-1-2-4-10(7)15-11(8)6-12(9)18-14(13)17/h1-6,15H. The lowest BCUT2D eigenvalue weighted by atomic mass is 10.1. The van der Waals surface area contributed by atoms with E-state index in [0.717, 1.165) is 21.8 Å². The number of nitrogens with one attached hydrogen (secondary N) is 1. The van der Waals surface area contributed by atoms with Crippen molar-refractivity contribution < 1.29 is 14.3 Å². The zero-order valence-corrected chi connectivity index (χ0v) is 9.19. The molecule has 1 aliphatic rings. The maximum absolute atomic E-state index is 11.6. The molecule has 3 aromatic rings. The Morgan fingerprint density at radius 2 is 1.78 bits per heavy atom. The number of aromatic nitrogens is 1. The van der Waals surface area contributed by atoms with Crippen LogP contribution in [0.5, 0.6) is 5.75 Å². The SMILES string of the molecule is O=C1Oc2cc3[nH]c4ccccc4c3cc2C1=O. The van der Waals surface area contributed by atoms with Gasteiger partial charge in [-0.25, -0.2) is 4.79 Å². The van der Waals surface area contributed by atoms with Gasteiger partial charge in [0.05, 0.1) is 11.1 Å². The maximum Gasteiger partial charge on any atom is 0.385 e. The van der Waals surface area contributed by atoms with Crippen LogP contribution in [0.1, 0.15) is 10.4 Å². The lowest BCUT2D eigenvalue weighted by Gasteiger charge is -1.96. The quantitative estimate of drug-likeness (QED) is 0.371. The van der Waals surface area contributed by atoms with Crippen molar-refractivity contribution in [2.75, 3.05) is 0 Å². The molecule has 0 spiro atoms. The van der Waals surface area contributed by atoms with Gasteiger partial charge in [0.15, 0.2) is 0 Å². The summed E-state index contributed by atoms with van der Waals surface area (Å²) >= 11 is 0. The molecule has 0 unspecified atom stereocenters. The second-order valence-electron chi connectivity index (χ2n) is 4.28. The van der Waals surface area contributed by atoms with E-state index >= 15 is 0 Å². The van der Waals surface area contributed by atoms with Gasteiger partial charge in [0.1, 0.15) is 5.75 Å². The van der Waals surface area contributed by atoms with Crippen molar-refractivity contribution >= 4 is 33.6 Å². The molecule has 4 heteroatoms. The number of H-pyrrole nitrogens is 1. The molecule has 86 valence electrons. The van der Waals surface area contributed by atoms with E-state index in [4.69, 9.17) is 4.74 Å². The molecule has 0 radical (unpaired) electrons. The lowest BCUT2D eigenvalue weighted by Crippen LogP contribution is -2.10. The number of carbonyl (C=O) groups excluding carboxylic acids is 2. The van der Waals surface area contributed by atoms with Crippen LogP contribution in [-0.2, 0) is 4.79 Å². The van der Waals surface area contributed by atoms with Crippen LogP contribution in [0.4, 0.5) is 0 Å². The average molecular weight is 237 g/mol. The van der Waals surface area contributed by atoms with E-state index in [1.165, 1.54) is 0 Å². The number of aromatic amines is 1. The van der Waals surface area contributed by atoms with Crippen molar-refractivity contribution in [2.45, 2.75) is 0 Å². The van der Waals surface area contributed by atoms with Crippen molar-refractivity contribution in [1.29, 1.82) is 0 Å². The Morgan fingerprint density at radius 1 is 0.944 bits per heavy atom. The first-order chi connectivity index (χ1) is 8.74. The smallest absolute Gasteiger partial charge is 0.385 e. The van der Waals surface area contributed by atoms with E-state index in [1.807, 2.05) is 24.3 Å². The Bertz CT molecular complexity index is 845. The lowest BCUT2D eigenvalue weighted by molar-refractivity contribution is -0.128. The first kappa shape index (κ1) is 9.41. The van der Waals surface area contributed by atoms with Crippen LogP contribution < -0.4 is 4.74 Å². The van der Waals surface area contributed by atoms with Crippen LogP contribution in [0.3, 0.4) is 0 Å². The summed E-state index contributed by atoms with van der Waals surface area (Å²) in [7, 11) is 0. The number of ketones is 1. The molecule has 2 aromatic carbocycles. The molecule has 4 nitrogen and oxygen atoms in total. The van der Waals surface area contributed by atoms with Gasteiger partial charge < -0.3 is 9.72 Å². The summed E-state index contributed by atoms with van der Waals surface area (Å²) in [5.74, 6) is -1.04. The third-order valence-corrected chi connectivity index (χ3v) is 3.24. The first-order valence-corrected chi connectivity index (χ1v) is 5.55. The molecule has 1 aliphatic heterocycles. The summed E-state index contributed by atoms with van der Waals surface area (Å²) < 4.78 is 4.91. The van der Waals surface area contributed by atoms with E-state index < -0.39 is 11.8 Å². The number of hydrogen-bond acceptors (Lipinski definition) is 3. The van der Waals surface area contributed by atoms with E-state index in [0.29, 0.717) is 11.3 Å². The summed E-state index contributed by atoms with van der Waals surface area (Å²) in [4.78, 5) is 26.1. The summed E-state index contributed by atoms with van der Waals surface area (Å²) in [6.45, 7) is 0. The zero-order chi connectivity index (χ0) is 12.3. The monoisotopic (exact) mass is 237 g/mol. The van der Waals surface area contributed by atoms with Gasteiger partial charge in [-0.05, 0) is 12.1 Å². The van der Waals surface area contributed by atoms with Crippen LogP contribution in [0.2, 0.25) is 0 Å². The summed E-state index contributed by atoms with van der Waals surface area (Å²) in [5.41, 5.74) is 2.20. The molecule has 2 heterocycles.